The molecule has 0 spiro atoms. The molecule has 0 amide bonds. The van der Waals surface area contributed by atoms with Crippen molar-refractivity contribution in [2.75, 3.05) is 0 Å². The zero-order valence-electron chi connectivity index (χ0n) is 40.9. The molecule has 0 N–H and O–H groups in total. The molecule has 0 aliphatic heterocycles. The Morgan fingerprint density at radius 1 is 0.535 bits per heavy atom. The van der Waals surface area contributed by atoms with Crippen LogP contribution in [0.3, 0.4) is 0 Å². The van der Waals surface area contributed by atoms with Crippen LogP contribution < -0.4 is 9.30 Å². The van der Waals surface area contributed by atoms with Gasteiger partial charge < -0.3 is 13.9 Å². The van der Waals surface area contributed by atoms with Gasteiger partial charge in [-0.05, 0) is 90.6 Å². The second-order valence-corrected chi connectivity index (χ2v) is 20.1. The van der Waals surface area contributed by atoms with Crippen molar-refractivity contribution >= 4 is 21.8 Å². The fourth-order valence-corrected chi connectivity index (χ4v) is 9.36. The van der Waals surface area contributed by atoms with Gasteiger partial charge in [0.25, 0.3) is 0 Å². The molecule has 0 bridgehead atoms. The van der Waals surface area contributed by atoms with E-state index in [1.54, 1.807) is 4.68 Å². The summed E-state index contributed by atoms with van der Waals surface area (Å²) in [5.41, 5.74) is 14.5. The quantitative estimate of drug-likeness (QED) is 0.107. The molecule has 0 saturated heterocycles. The number of hydrogen-bond acceptors (Lipinski definition) is 3. The van der Waals surface area contributed by atoms with Gasteiger partial charge in [0.1, 0.15) is 5.82 Å². The van der Waals surface area contributed by atoms with Gasteiger partial charge in [0.05, 0.1) is 0 Å². The number of benzene rings is 8. The molecule has 8 aromatic carbocycles. The molecule has 352 valence electrons. The van der Waals surface area contributed by atoms with Crippen LogP contribution in [0.4, 0.5) is 0 Å². The van der Waals surface area contributed by atoms with Crippen LogP contribution in [-0.2, 0) is 31.9 Å². The SMILES string of the molecule is Cc1cc(-n2c3[c-]c(Oc4[c-]c(-n5[c-][n+](-c6cc(C(C)(C)C)cc(C(C)(C)C)c6)c(-c6c(-c7ccccc7)cccc6-c6ccccc6)n5)ccc4)ccc3c3ccccc32)ncc1-c1ccccc1.[Pt]. The van der Waals surface area contributed by atoms with E-state index in [0.717, 1.165) is 83.6 Å². The first kappa shape index (κ1) is 47.0. The fraction of sp³-hybridized carbons (Fsp3) is 0.141. The van der Waals surface area contributed by atoms with Crippen molar-refractivity contribution < 1.29 is 30.4 Å². The van der Waals surface area contributed by atoms with Gasteiger partial charge in [-0.1, -0.05) is 193 Å². The van der Waals surface area contributed by atoms with E-state index in [1.165, 1.54) is 11.1 Å². The molecule has 3 heterocycles. The largest absolute Gasteiger partial charge is 0.510 e. The minimum Gasteiger partial charge on any atom is -0.510 e. The summed E-state index contributed by atoms with van der Waals surface area (Å²) in [6.45, 7) is 15.8. The number of aromatic nitrogens is 5. The van der Waals surface area contributed by atoms with Crippen LogP contribution in [0.5, 0.6) is 11.5 Å². The monoisotopic (exact) mass is 1100 g/mol. The van der Waals surface area contributed by atoms with Crippen LogP contribution in [-0.4, -0.2) is 19.3 Å². The number of nitrogens with zero attached hydrogens (tertiary/aromatic N) is 5. The van der Waals surface area contributed by atoms with E-state index in [2.05, 4.69) is 234 Å². The van der Waals surface area contributed by atoms with Crippen molar-refractivity contribution in [1.29, 1.82) is 0 Å². The number of para-hydroxylation sites is 1. The third-order valence-corrected chi connectivity index (χ3v) is 13.1. The predicted molar refractivity (Wildman–Crippen MR) is 284 cm³/mol. The number of ether oxygens (including phenoxy) is 1. The summed E-state index contributed by atoms with van der Waals surface area (Å²) in [5.74, 6) is 2.64. The van der Waals surface area contributed by atoms with Gasteiger partial charge in [0.15, 0.2) is 0 Å². The molecule has 0 aliphatic rings. The molecule has 7 heteroatoms. The van der Waals surface area contributed by atoms with Crippen LogP contribution >= 0.6 is 0 Å². The van der Waals surface area contributed by atoms with Crippen molar-refractivity contribution in [3.63, 3.8) is 0 Å². The summed E-state index contributed by atoms with van der Waals surface area (Å²) >= 11 is 0. The molecule has 0 fully saturated rings. The van der Waals surface area contributed by atoms with Gasteiger partial charge in [0.2, 0.25) is 12.2 Å². The molecule has 0 saturated carbocycles. The molecular weight excluding hydrogens is 1050 g/mol. The Morgan fingerprint density at radius 3 is 1.70 bits per heavy atom. The van der Waals surface area contributed by atoms with E-state index in [4.69, 9.17) is 14.8 Å². The Morgan fingerprint density at radius 2 is 1.10 bits per heavy atom. The van der Waals surface area contributed by atoms with Crippen molar-refractivity contribution in [1.82, 2.24) is 19.3 Å². The van der Waals surface area contributed by atoms with Crippen LogP contribution in [0.25, 0.3) is 83.8 Å². The van der Waals surface area contributed by atoms with Gasteiger partial charge in [-0.3, -0.25) is 0 Å². The third-order valence-electron chi connectivity index (χ3n) is 13.1. The first-order chi connectivity index (χ1) is 33.9. The Kier molecular flexibility index (Phi) is 12.5. The smallest absolute Gasteiger partial charge is 0.233 e. The molecular formula is C64H53N5OPt-2. The molecule has 0 atom stereocenters. The van der Waals surface area contributed by atoms with Crippen LogP contribution in [0.1, 0.15) is 58.2 Å². The molecule has 3 aromatic heterocycles. The minimum atomic E-state index is -0.111. The van der Waals surface area contributed by atoms with Gasteiger partial charge >= 0.3 is 0 Å². The summed E-state index contributed by atoms with van der Waals surface area (Å²) in [6, 6.07) is 72.7. The Hall–Kier alpha value is -7.66. The van der Waals surface area contributed by atoms with Crippen molar-refractivity contribution in [2.24, 2.45) is 0 Å². The Balaban J connectivity index is 0.00000582. The maximum absolute atomic E-state index is 6.70. The van der Waals surface area contributed by atoms with E-state index in [9.17, 15) is 0 Å². The summed E-state index contributed by atoms with van der Waals surface area (Å²) in [5, 5.41) is 7.67. The maximum atomic E-state index is 6.70. The number of fused-ring (bicyclic) bond motifs is 3. The Labute approximate surface area is 431 Å². The number of hydrogen-bond donors (Lipinski definition) is 0. The number of aryl methyl sites for hydroxylation is 1. The maximum Gasteiger partial charge on any atom is 0.233 e. The average molecular weight is 1100 g/mol. The first-order valence-corrected chi connectivity index (χ1v) is 23.9. The fourth-order valence-electron chi connectivity index (χ4n) is 9.36. The molecule has 71 heavy (non-hydrogen) atoms. The average Bonchev–Trinajstić information content (AvgIpc) is 3.96. The van der Waals surface area contributed by atoms with E-state index in [-0.39, 0.29) is 31.9 Å². The first-order valence-electron chi connectivity index (χ1n) is 23.9. The third kappa shape index (κ3) is 9.17. The number of rotatable bonds is 9. The van der Waals surface area contributed by atoms with Crippen molar-refractivity contribution in [3.8, 4) is 73.5 Å². The Bertz CT molecular complexity index is 3620. The van der Waals surface area contributed by atoms with E-state index >= 15 is 0 Å². The molecule has 0 radical (unpaired) electrons. The molecule has 0 unspecified atom stereocenters. The van der Waals surface area contributed by atoms with Crippen LogP contribution in [0, 0.1) is 25.4 Å². The van der Waals surface area contributed by atoms with Gasteiger partial charge in [0, 0.05) is 61.1 Å². The summed E-state index contributed by atoms with van der Waals surface area (Å²) < 4.78 is 12.8. The minimum absolute atomic E-state index is 0. The zero-order valence-corrected chi connectivity index (χ0v) is 43.2. The normalized spacial score (nSPS) is 11.8. The predicted octanol–water partition coefficient (Wildman–Crippen LogP) is 15.4. The standard InChI is InChI=1S/C64H53N5O.Pt/c1-43-35-60(65-41-57(43)46-25-15-10-16-26-46)69-58-32-18-17-29-55(58)56-34-33-52(40-59(56)69)70-51-28-19-27-49(39-51)68-42-67(50-37-47(63(2,3)4)36-48(38-50)64(5,6)7)62(66-68)61-53(44-21-11-8-12-22-44)30-20-31-54(61)45-23-13-9-14-24-45;/h8-38,41H,1-7H3;/q-2;. The molecule has 11 aromatic rings. The van der Waals surface area contributed by atoms with E-state index < -0.39 is 0 Å². The van der Waals surface area contributed by atoms with Crippen molar-refractivity contribution in [2.45, 2.75) is 59.3 Å². The van der Waals surface area contributed by atoms with Gasteiger partial charge in [-0.25, -0.2) is 4.98 Å². The van der Waals surface area contributed by atoms with E-state index in [0.29, 0.717) is 17.2 Å². The van der Waals surface area contributed by atoms with Crippen LogP contribution in [0.2, 0.25) is 0 Å². The zero-order chi connectivity index (χ0) is 48.1. The second kappa shape index (κ2) is 18.9. The van der Waals surface area contributed by atoms with Crippen LogP contribution in [0.15, 0.2) is 194 Å². The summed E-state index contributed by atoms with van der Waals surface area (Å²) in [7, 11) is 0. The summed E-state index contributed by atoms with van der Waals surface area (Å²) in [4.78, 5) is 5.03. The molecule has 0 aliphatic carbocycles. The second-order valence-electron chi connectivity index (χ2n) is 20.1. The summed E-state index contributed by atoms with van der Waals surface area (Å²) in [6.07, 6.45) is 5.69. The van der Waals surface area contributed by atoms with Gasteiger partial charge in [-0.15, -0.1) is 29.7 Å². The van der Waals surface area contributed by atoms with Crippen molar-refractivity contribution in [3.05, 3.63) is 229 Å². The topological polar surface area (TPSA) is 48.8 Å². The van der Waals surface area contributed by atoms with Gasteiger partial charge in [-0.2, -0.15) is 22.9 Å². The van der Waals surface area contributed by atoms with E-state index in [1.807, 2.05) is 36.5 Å². The molecule has 11 rings (SSSR count). The molecule has 6 nitrogen and oxygen atoms in total. The number of pyridine rings is 1.